The van der Waals surface area contributed by atoms with Crippen LogP contribution in [0.4, 0.5) is 5.69 Å². The van der Waals surface area contributed by atoms with Gasteiger partial charge in [0.15, 0.2) is 0 Å². The SMILES string of the molecule is CC(=O)OCCCCCCOc1ccc2c(c1)CN1C(=N2)NC(=O)C1CC(N)=O. The first-order valence-corrected chi connectivity index (χ1v) is 9.77. The molecule has 9 nitrogen and oxygen atoms in total. The zero-order chi connectivity index (χ0) is 20.8. The van der Waals surface area contributed by atoms with Crippen molar-refractivity contribution in [2.45, 2.75) is 51.6 Å². The fourth-order valence-electron chi connectivity index (χ4n) is 3.37. The molecule has 0 aromatic heterocycles. The molecular weight excluding hydrogens is 376 g/mol. The molecular formula is C20H26N4O5. The van der Waals surface area contributed by atoms with Crippen molar-refractivity contribution in [1.82, 2.24) is 10.2 Å². The normalized spacial score (nSPS) is 17.1. The third-order valence-electron chi connectivity index (χ3n) is 4.81. The van der Waals surface area contributed by atoms with Gasteiger partial charge in [-0.1, -0.05) is 0 Å². The molecule has 2 heterocycles. The van der Waals surface area contributed by atoms with E-state index in [1.165, 1.54) is 6.92 Å². The lowest BCUT2D eigenvalue weighted by atomic mass is 10.1. The van der Waals surface area contributed by atoms with E-state index >= 15 is 0 Å². The molecule has 1 aromatic carbocycles. The zero-order valence-electron chi connectivity index (χ0n) is 16.5. The minimum Gasteiger partial charge on any atom is -0.494 e. The van der Waals surface area contributed by atoms with Crippen LogP contribution in [0.2, 0.25) is 0 Å². The molecule has 0 radical (unpaired) electrons. The molecule has 2 aliphatic heterocycles. The van der Waals surface area contributed by atoms with Gasteiger partial charge in [0.1, 0.15) is 11.8 Å². The Morgan fingerprint density at radius 1 is 1.24 bits per heavy atom. The van der Waals surface area contributed by atoms with Crippen LogP contribution in [-0.2, 0) is 25.7 Å². The number of amides is 2. The molecule has 3 rings (SSSR count). The van der Waals surface area contributed by atoms with E-state index in [-0.39, 0.29) is 18.3 Å². The van der Waals surface area contributed by atoms with E-state index in [1.54, 1.807) is 4.90 Å². The molecule has 0 saturated carbocycles. The standard InChI is InChI=1S/C20H26N4O5/c1-13(25)28-8-4-2-3-5-9-29-15-6-7-16-14(10-15)12-24-17(11-18(21)26)19(27)23-20(24)22-16/h6-7,10,17H,2-5,8-9,11-12H2,1H3,(H2,21,26)(H,22,23,27). The van der Waals surface area contributed by atoms with Crippen molar-refractivity contribution >= 4 is 29.4 Å². The third-order valence-corrected chi connectivity index (χ3v) is 4.81. The molecule has 9 heteroatoms. The van der Waals surface area contributed by atoms with Gasteiger partial charge in [-0.2, -0.15) is 0 Å². The van der Waals surface area contributed by atoms with E-state index < -0.39 is 11.9 Å². The maximum Gasteiger partial charge on any atom is 0.302 e. The van der Waals surface area contributed by atoms with Crippen molar-refractivity contribution < 1.29 is 23.9 Å². The molecule has 29 heavy (non-hydrogen) atoms. The van der Waals surface area contributed by atoms with Crippen LogP contribution in [0.1, 0.15) is 44.6 Å². The smallest absolute Gasteiger partial charge is 0.302 e. The van der Waals surface area contributed by atoms with E-state index in [2.05, 4.69) is 10.3 Å². The van der Waals surface area contributed by atoms with Crippen LogP contribution >= 0.6 is 0 Å². The highest BCUT2D eigenvalue weighted by Gasteiger charge is 2.39. The summed E-state index contributed by atoms with van der Waals surface area (Å²) in [6.45, 7) is 2.93. The number of nitrogens with zero attached hydrogens (tertiary/aromatic N) is 2. The van der Waals surface area contributed by atoms with Crippen molar-refractivity contribution in [2.24, 2.45) is 10.7 Å². The summed E-state index contributed by atoms with van der Waals surface area (Å²) in [5, 5.41) is 2.71. The molecule has 0 bridgehead atoms. The molecule has 1 aromatic rings. The number of primary amides is 1. The van der Waals surface area contributed by atoms with Crippen LogP contribution in [0.3, 0.4) is 0 Å². The van der Waals surface area contributed by atoms with Crippen LogP contribution in [0.25, 0.3) is 0 Å². The Morgan fingerprint density at radius 3 is 2.72 bits per heavy atom. The molecule has 0 aliphatic carbocycles. The maximum atomic E-state index is 12.1. The van der Waals surface area contributed by atoms with Crippen molar-refractivity contribution in [2.75, 3.05) is 13.2 Å². The Balaban J connectivity index is 1.49. The summed E-state index contributed by atoms with van der Waals surface area (Å²) < 4.78 is 10.7. The predicted molar refractivity (Wildman–Crippen MR) is 105 cm³/mol. The number of ether oxygens (including phenoxy) is 2. The summed E-state index contributed by atoms with van der Waals surface area (Å²) in [6, 6.07) is 5.01. The number of unbranched alkanes of at least 4 members (excludes halogenated alkanes) is 3. The number of nitrogens with two attached hydrogens (primary N) is 1. The highest BCUT2D eigenvalue weighted by atomic mass is 16.5. The third kappa shape index (κ3) is 5.46. The number of carbonyl (C=O) groups excluding carboxylic acids is 3. The van der Waals surface area contributed by atoms with E-state index in [9.17, 15) is 14.4 Å². The van der Waals surface area contributed by atoms with Crippen molar-refractivity contribution in [3.05, 3.63) is 23.8 Å². The van der Waals surface area contributed by atoms with Gasteiger partial charge in [0.05, 0.1) is 25.3 Å². The van der Waals surface area contributed by atoms with Crippen LogP contribution in [0, 0.1) is 0 Å². The van der Waals surface area contributed by atoms with Gasteiger partial charge in [-0.15, -0.1) is 0 Å². The Hall–Kier alpha value is -3.10. The largest absolute Gasteiger partial charge is 0.494 e. The first kappa shape index (κ1) is 20.6. The minimum atomic E-state index is -0.629. The van der Waals surface area contributed by atoms with Crippen molar-refractivity contribution in [3.8, 4) is 5.75 Å². The van der Waals surface area contributed by atoms with Crippen molar-refractivity contribution in [1.29, 1.82) is 0 Å². The van der Waals surface area contributed by atoms with Gasteiger partial charge in [0, 0.05) is 19.0 Å². The molecule has 3 N–H and O–H groups in total. The van der Waals surface area contributed by atoms with Gasteiger partial charge in [0.2, 0.25) is 17.8 Å². The van der Waals surface area contributed by atoms with E-state index in [1.807, 2.05) is 18.2 Å². The lowest BCUT2D eigenvalue weighted by molar-refractivity contribution is -0.141. The number of rotatable bonds is 10. The molecule has 1 atom stereocenters. The number of nitrogens with one attached hydrogen (secondary N) is 1. The maximum absolute atomic E-state index is 12.1. The summed E-state index contributed by atoms with van der Waals surface area (Å²) in [6.07, 6.45) is 3.69. The minimum absolute atomic E-state index is 0.0478. The number of benzene rings is 1. The molecule has 156 valence electrons. The highest BCUT2D eigenvalue weighted by molar-refractivity contribution is 6.09. The Labute approximate surface area is 169 Å². The fraction of sp³-hybridized carbons (Fsp3) is 0.500. The van der Waals surface area contributed by atoms with Crippen LogP contribution < -0.4 is 15.8 Å². The summed E-state index contributed by atoms with van der Waals surface area (Å²) in [5.41, 5.74) is 6.97. The van der Waals surface area contributed by atoms with Gasteiger partial charge in [-0.05, 0) is 43.9 Å². The van der Waals surface area contributed by atoms with Gasteiger partial charge in [-0.25, -0.2) is 4.99 Å². The molecule has 1 fully saturated rings. The van der Waals surface area contributed by atoms with E-state index in [0.29, 0.717) is 25.7 Å². The van der Waals surface area contributed by atoms with Crippen LogP contribution in [0.15, 0.2) is 23.2 Å². The molecule has 1 saturated heterocycles. The Bertz CT molecular complexity index is 823. The van der Waals surface area contributed by atoms with Crippen LogP contribution in [0.5, 0.6) is 5.75 Å². The van der Waals surface area contributed by atoms with Gasteiger partial charge < -0.3 is 20.1 Å². The highest BCUT2D eigenvalue weighted by Crippen LogP contribution is 2.32. The average Bonchev–Trinajstić information content (AvgIpc) is 2.95. The van der Waals surface area contributed by atoms with Crippen LogP contribution in [-0.4, -0.2) is 47.9 Å². The summed E-state index contributed by atoms with van der Waals surface area (Å²) in [4.78, 5) is 40.3. The fourth-order valence-corrected chi connectivity index (χ4v) is 3.37. The molecule has 2 aliphatic rings. The monoisotopic (exact) mass is 402 g/mol. The Morgan fingerprint density at radius 2 is 2.00 bits per heavy atom. The van der Waals surface area contributed by atoms with Gasteiger partial charge in [-0.3, -0.25) is 19.7 Å². The topological polar surface area (TPSA) is 123 Å². The number of carbonyl (C=O) groups is 3. The number of hydrogen-bond acceptors (Lipinski definition) is 7. The lowest BCUT2D eigenvalue weighted by Crippen LogP contribution is -2.39. The average molecular weight is 402 g/mol. The number of guanidine groups is 1. The number of aliphatic imine (C=N–C) groups is 1. The summed E-state index contributed by atoms with van der Waals surface area (Å²) in [5.74, 6) is 0.165. The first-order chi connectivity index (χ1) is 13.9. The quantitative estimate of drug-likeness (QED) is 0.450. The van der Waals surface area contributed by atoms with Crippen molar-refractivity contribution in [3.63, 3.8) is 0 Å². The van der Waals surface area contributed by atoms with Gasteiger partial charge in [0.25, 0.3) is 0 Å². The second-order valence-electron chi connectivity index (χ2n) is 7.13. The van der Waals surface area contributed by atoms with Gasteiger partial charge >= 0.3 is 5.97 Å². The van der Waals surface area contributed by atoms with E-state index in [4.69, 9.17) is 15.2 Å². The number of esters is 1. The molecule has 2 amide bonds. The zero-order valence-corrected chi connectivity index (χ0v) is 16.5. The second-order valence-corrected chi connectivity index (χ2v) is 7.13. The number of fused-ring (bicyclic) bond motifs is 2. The summed E-state index contributed by atoms with van der Waals surface area (Å²) in [7, 11) is 0. The predicted octanol–water partition coefficient (Wildman–Crippen LogP) is 1.37. The molecule has 0 spiro atoms. The lowest BCUT2D eigenvalue weighted by Gasteiger charge is -2.27. The Kier molecular flexibility index (Phi) is 6.69. The molecule has 1 unspecified atom stereocenters. The van der Waals surface area contributed by atoms with E-state index in [0.717, 1.165) is 42.7 Å². The summed E-state index contributed by atoms with van der Waals surface area (Å²) >= 11 is 0. The number of hydrogen-bond donors (Lipinski definition) is 2. The second kappa shape index (κ2) is 9.40. The first-order valence-electron chi connectivity index (χ1n) is 9.77.